The molecule has 1 rings (SSSR count). The van der Waals surface area contributed by atoms with Crippen molar-refractivity contribution in [2.24, 2.45) is 0 Å². The molecule has 0 radical (unpaired) electrons. The van der Waals surface area contributed by atoms with E-state index in [1.807, 2.05) is 11.4 Å². The number of hydrogen-bond donors (Lipinski definition) is 2. The summed E-state index contributed by atoms with van der Waals surface area (Å²) in [7, 11) is 0. The molecule has 0 unspecified atom stereocenters. The van der Waals surface area contributed by atoms with E-state index >= 15 is 0 Å². The summed E-state index contributed by atoms with van der Waals surface area (Å²) < 4.78 is 0. The van der Waals surface area contributed by atoms with Gasteiger partial charge in [0.15, 0.2) is 0 Å². The fourth-order valence-electron chi connectivity index (χ4n) is 1.53. The predicted octanol–water partition coefficient (Wildman–Crippen LogP) is 2.29. The molecule has 1 aromatic rings. The predicted molar refractivity (Wildman–Crippen MR) is 74.3 cm³/mol. The topological polar surface area (TPSA) is 49.3 Å². The summed E-state index contributed by atoms with van der Waals surface area (Å²) in [5, 5.41) is 13.5. The van der Waals surface area contributed by atoms with Crippen molar-refractivity contribution in [1.82, 2.24) is 5.32 Å². The molecule has 0 saturated carbocycles. The number of aliphatic hydroxyl groups excluding tert-OH is 1. The van der Waals surface area contributed by atoms with Gasteiger partial charge in [0.1, 0.15) is 6.61 Å². The molecule has 0 aliphatic rings. The normalized spacial score (nSPS) is 9.67. The number of hydrogen-bond acceptors (Lipinski definition) is 3. The van der Waals surface area contributed by atoms with Gasteiger partial charge in [0.25, 0.3) is 0 Å². The van der Waals surface area contributed by atoms with Crippen LogP contribution in [0.1, 0.15) is 43.0 Å². The van der Waals surface area contributed by atoms with Crippen molar-refractivity contribution in [1.29, 1.82) is 0 Å². The van der Waals surface area contributed by atoms with Crippen LogP contribution in [0.2, 0.25) is 0 Å². The standard InChI is InChI=1S/C14H19NO2S/c1-2-3-4-7-14(17)15-11-13-12(6-5-9-16)8-10-18-13/h8,10,16H,2-4,7,9,11H2,1H3,(H,15,17). The van der Waals surface area contributed by atoms with Crippen LogP contribution < -0.4 is 5.32 Å². The average molecular weight is 265 g/mol. The van der Waals surface area contributed by atoms with E-state index in [0.717, 1.165) is 29.7 Å². The summed E-state index contributed by atoms with van der Waals surface area (Å²) in [6.45, 7) is 2.51. The number of rotatable bonds is 6. The average Bonchev–Trinajstić information content (AvgIpc) is 2.81. The molecule has 3 nitrogen and oxygen atoms in total. The number of thiophene rings is 1. The Kier molecular flexibility index (Phi) is 7.16. The molecule has 18 heavy (non-hydrogen) atoms. The van der Waals surface area contributed by atoms with Gasteiger partial charge in [-0.15, -0.1) is 11.3 Å². The third-order valence-corrected chi connectivity index (χ3v) is 3.42. The van der Waals surface area contributed by atoms with Gasteiger partial charge in [-0.1, -0.05) is 31.6 Å². The number of carbonyl (C=O) groups excluding carboxylic acids is 1. The highest BCUT2D eigenvalue weighted by Crippen LogP contribution is 2.15. The number of aliphatic hydroxyl groups is 1. The first-order valence-electron chi connectivity index (χ1n) is 6.20. The van der Waals surface area contributed by atoms with Gasteiger partial charge in [0.05, 0.1) is 6.54 Å². The summed E-state index contributed by atoms with van der Waals surface area (Å²) in [6.07, 6.45) is 3.76. The minimum Gasteiger partial charge on any atom is -0.384 e. The van der Waals surface area contributed by atoms with E-state index in [-0.39, 0.29) is 12.5 Å². The molecule has 0 aromatic carbocycles. The summed E-state index contributed by atoms with van der Waals surface area (Å²) in [4.78, 5) is 12.6. The molecule has 0 saturated heterocycles. The number of nitrogens with one attached hydrogen (secondary N) is 1. The highest BCUT2D eigenvalue weighted by atomic mass is 32.1. The maximum absolute atomic E-state index is 11.6. The highest BCUT2D eigenvalue weighted by molar-refractivity contribution is 7.10. The SMILES string of the molecule is CCCCCC(=O)NCc1sccc1C#CCO. The molecule has 1 aromatic heterocycles. The smallest absolute Gasteiger partial charge is 0.220 e. The summed E-state index contributed by atoms with van der Waals surface area (Å²) in [5.41, 5.74) is 0.892. The van der Waals surface area contributed by atoms with Crippen molar-refractivity contribution in [2.45, 2.75) is 39.2 Å². The molecule has 0 aliphatic heterocycles. The lowest BCUT2D eigenvalue weighted by Gasteiger charge is -2.03. The van der Waals surface area contributed by atoms with Gasteiger partial charge < -0.3 is 10.4 Å². The van der Waals surface area contributed by atoms with E-state index in [4.69, 9.17) is 5.11 Å². The van der Waals surface area contributed by atoms with E-state index in [9.17, 15) is 4.79 Å². The second-order valence-electron chi connectivity index (χ2n) is 3.95. The van der Waals surface area contributed by atoms with Crippen LogP contribution in [-0.4, -0.2) is 17.6 Å². The third-order valence-electron chi connectivity index (χ3n) is 2.50. The molecule has 4 heteroatoms. The first kappa shape index (κ1) is 14.7. The van der Waals surface area contributed by atoms with Crippen molar-refractivity contribution in [3.05, 3.63) is 21.9 Å². The van der Waals surface area contributed by atoms with Crippen LogP contribution in [0.25, 0.3) is 0 Å². The molecule has 0 spiro atoms. The Morgan fingerprint density at radius 1 is 1.50 bits per heavy atom. The van der Waals surface area contributed by atoms with Gasteiger partial charge in [-0.2, -0.15) is 0 Å². The minimum absolute atomic E-state index is 0.0953. The zero-order valence-corrected chi connectivity index (χ0v) is 11.5. The Labute approximate surface area is 112 Å². The second-order valence-corrected chi connectivity index (χ2v) is 4.95. The zero-order chi connectivity index (χ0) is 13.2. The third kappa shape index (κ3) is 5.35. The lowest BCUT2D eigenvalue weighted by Crippen LogP contribution is -2.22. The Balaban J connectivity index is 2.39. The van der Waals surface area contributed by atoms with E-state index < -0.39 is 0 Å². The first-order chi connectivity index (χ1) is 8.77. The minimum atomic E-state index is -0.140. The highest BCUT2D eigenvalue weighted by Gasteiger charge is 2.04. The van der Waals surface area contributed by atoms with Crippen LogP contribution in [0.5, 0.6) is 0 Å². The van der Waals surface area contributed by atoms with Crippen molar-refractivity contribution in [2.75, 3.05) is 6.61 Å². The van der Waals surface area contributed by atoms with Crippen LogP contribution in [0, 0.1) is 11.8 Å². The fraction of sp³-hybridized carbons (Fsp3) is 0.500. The molecule has 0 fully saturated rings. The maximum Gasteiger partial charge on any atom is 0.220 e. The van der Waals surface area contributed by atoms with Crippen molar-refractivity contribution in [3.8, 4) is 11.8 Å². The zero-order valence-electron chi connectivity index (χ0n) is 10.7. The second kappa shape index (κ2) is 8.73. The lowest BCUT2D eigenvalue weighted by atomic mass is 10.2. The molecule has 2 N–H and O–H groups in total. The van der Waals surface area contributed by atoms with Crippen LogP contribution in [0.3, 0.4) is 0 Å². The maximum atomic E-state index is 11.6. The molecular formula is C14H19NO2S. The number of carbonyl (C=O) groups is 1. The van der Waals surface area contributed by atoms with E-state index in [0.29, 0.717) is 13.0 Å². The van der Waals surface area contributed by atoms with Crippen molar-refractivity contribution >= 4 is 17.2 Å². The summed E-state index contributed by atoms with van der Waals surface area (Å²) in [6, 6.07) is 1.91. The summed E-state index contributed by atoms with van der Waals surface area (Å²) >= 11 is 1.57. The van der Waals surface area contributed by atoms with Gasteiger partial charge >= 0.3 is 0 Å². The van der Waals surface area contributed by atoms with Crippen LogP contribution in [0.4, 0.5) is 0 Å². The first-order valence-corrected chi connectivity index (χ1v) is 7.08. The molecule has 0 atom stereocenters. The quantitative estimate of drug-likeness (QED) is 0.612. The molecule has 0 bridgehead atoms. The lowest BCUT2D eigenvalue weighted by molar-refractivity contribution is -0.121. The molecule has 98 valence electrons. The molecular weight excluding hydrogens is 246 g/mol. The Hall–Kier alpha value is -1.31. The van der Waals surface area contributed by atoms with E-state index in [1.54, 1.807) is 11.3 Å². The fourth-order valence-corrected chi connectivity index (χ4v) is 2.30. The van der Waals surface area contributed by atoms with Gasteiger partial charge in [-0.3, -0.25) is 4.79 Å². The van der Waals surface area contributed by atoms with Gasteiger partial charge in [-0.05, 0) is 17.9 Å². The Morgan fingerprint density at radius 2 is 2.33 bits per heavy atom. The molecule has 1 amide bonds. The van der Waals surface area contributed by atoms with Gasteiger partial charge in [-0.25, -0.2) is 0 Å². The monoisotopic (exact) mass is 265 g/mol. The Bertz CT molecular complexity index is 428. The van der Waals surface area contributed by atoms with Crippen molar-refractivity contribution < 1.29 is 9.90 Å². The van der Waals surface area contributed by atoms with E-state index in [1.165, 1.54) is 0 Å². The molecule has 1 heterocycles. The number of amides is 1. The molecule has 0 aliphatic carbocycles. The largest absolute Gasteiger partial charge is 0.384 e. The number of unbranched alkanes of at least 4 members (excludes halogenated alkanes) is 2. The van der Waals surface area contributed by atoms with E-state index in [2.05, 4.69) is 24.1 Å². The van der Waals surface area contributed by atoms with Crippen LogP contribution in [0.15, 0.2) is 11.4 Å². The van der Waals surface area contributed by atoms with Gasteiger partial charge in [0, 0.05) is 16.9 Å². The van der Waals surface area contributed by atoms with Crippen molar-refractivity contribution in [3.63, 3.8) is 0 Å². The van der Waals surface area contributed by atoms with Crippen LogP contribution in [-0.2, 0) is 11.3 Å². The summed E-state index contributed by atoms with van der Waals surface area (Å²) in [5.74, 6) is 5.59. The Morgan fingerprint density at radius 3 is 3.06 bits per heavy atom. The van der Waals surface area contributed by atoms with Gasteiger partial charge in [0.2, 0.25) is 5.91 Å². The van der Waals surface area contributed by atoms with Crippen LogP contribution >= 0.6 is 11.3 Å².